The zero-order chi connectivity index (χ0) is 18.0. The lowest BCUT2D eigenvalue weighted by Crippen LogP contribution is -2.31. The number of nitrogens with two attached hydrogens (primary N) is 1. The average molecular weight is 404 g/mol. The SMILES string of the molecule is CC(c1nc(Br)c2c(N)nccn12)N(C)C(=O)OCc1ccccc1. The number of carbonyl (C=O) groups excluding carboxylic acids is 1. The summed E-state index contributed by atoms with van der Waals surface area (Å²) in [6, 6.07) is 9.23. The molecule has 0 aliphatic heterocycles. The van der Waals surface area contributed by atoms with Crippen molar-refractivity contribution in [2.75, 3.05) is 12.8 Å². The second kappa shape index (κ2) is 7.10. The van der Waals surface area contributed by atoms with Gasteiger partial charge in [0.15, 0.2) is 5.82 Å². The molecule has 1 atom stereocenters. The average Bonchev–Trinajstić information content (AvgIpc) is 2.97. The Kier molecular flexibility index (Phi) is 4.89. The number of rotatable bonds is 4. The van der Waals surface area contributed by atoms with Gasteiger partial charge < -0.3 is 15.4 Å². The van der Waals surface area contributed by atoms with Gasteiger partial charge in [0.2, 0.25) is 0 Å². The fraction of sp³-hybridized carbons (Fsp3) is 0.235. The number of nitrogen functional groups attached to an aromatic ring is 1. The Hall–Kier alpha value is -2.61. The fourth-order valence-corrected chi connectivity index (χ4v) is 3.07. The molecule has 0 aliphatic rings. The fourth-order valence-electron chi connectivity index (χ4n) is 2.49. The predicted molar refractivity (Wildman–Crippen MR) is 97.9 cm³/mol. The lowest BCUT2D eigenvalue weighted by atomic mass is 10.2. The van der Waals surface area contributed by atoms with E-state index in [0.29, 0.717) is 21.8 Å². The highest BCUT2D eigenvalue weighted by Gasteiger charge is 2.24. The minimum atomic E-state index is -0.425. The number of anilines is 1. The summed E-state index contributed by atoms with van der Waals surface area (Å²) in [4.78, 5) is 22.4. The van der Waals surface area contributed by atoms with Gasteiger partial charge in [-0.15, -0.1) is 0 Å². The van der Waals surface area contributed by atoms with Crippen LogP contribution in [0.25, 0.3) is 5.52 Å². The first-order valence-electron chi connectivity index (χ1n) is 7.70. The van der Waals surface area contributed by atoms with Gasteiger partial charge in [-0.25, -0.2) is 14.8 Å². The molecule has 130 valence electrons. The largest absolute Gasteiger partial charge is 0.445 e. The van der Waals surface area contributed by atoms with E-state index in [1.807, 2.05) is 41.7 Å². The van der Waals surface area contributed by atoms with Crippen LogP contribution in [0, 0.1) is 0 Å². The monoisotopic (exact) mass is 403 g/mol. The van der Waals surface area contributed by atoms with Crippen LogP contribution in [0.5, 0.6) is 0 Å². The normalized spacial score (nSPS) is 12.1. The van der Waals surface area contributed by atoms with Crippen LogP contribution in [-0.4, -0.2) is 32.4 Å². The summed E-state index contributed by atoms with van der Waals surface area (Å²) in [6.07, 6.45) is 2.94. The van der Waals surface area contributed by atoms with Gasteiger partial charge in [0.25, 0.3) is 0 Å². The second-order valence-electron chi connectivity index (χ2n) is 5.62. The van der Waals surface area contributed by atoms with Gasteiger partial charge in [-0.1, -0.05) is 30.3 Å². The molecule has 0 saturated carbocycles. The Labute approximate surface area is 153 Å². The van der Waals surface area contributed by atoms with Crippen LogP contribution < -0.4 is 5.73 Å². The lowest BCUT2D eigenvalue weighted by molar-refractivity contribution is 0.0921. The quantitative estimate of drug-likeness (QED) is 0.721. The number of amides is 1. The summed E-state index contributed by atoms with van der Waals surface area (Å²) in [5, 5.41) is 0. The Morgan fingerprint density at radius 1 is 1.40 bits per heavy atom. The number of imidazole rings is 1. The highest BCUT2D eigenvalue weighted by Crippen LogP contribution is 2.28. The number of fused-ring (bicyclic) bond motifs is 1. The number of halogens is 1. The summed E-state index contributed by atoms with van der Waals surface area (Å²) in [6.45, 7) is 2.10. The van der Waals surface area contributed by atoms with Crippen LogP contribution in [0.1, 0.15) is 24.4 Å². The first-order valence-corrected chi connectivity index (χ1v) is 8.49. The summed E-state index contributed by atoms with van der Waals surface area (Å²) < 4.78 is 7.78. The molecule has 8 heteroatoms. The van der Waals surface area contributed by atoms with Crippen molar-refractivity contribution in [2.24, 2.45) is 0 Å². The Bertz CT molecular complexity index is 897. The van der Waals surface area contributed by atoms with Gasteiger partial charge in [-0.3, -0.25) is 4.40 Å². The van der Waals surface area contributed by atoms with Crippen LogP contribution in [-0.2, 0) is 11.3 Å². The molecule has 7 nitrogen and oxygen atoms in total. The molecule has 1 amide bonds. The number of hydrogen-bond acceptors (Lipinski definition) is 5. The summed E-state index contributed by atoms with van der Waals surface area (Å²) in [5.41, 5.74) is 7.52. The molecular weight excluding hydrogens is 386 g/mol. The molecule has 0 saturated heterocycles. The molecule has 25 heavy (non-hydrogen) atoms. The van der Waals surface area contributed by atoms with Crippen molar-refractivity contribution in [2.45, 2.75) is 19.6 Å². The van der Waals surface area contributed by atoms with Crippen LogP contribution >= 0.6 is 15.9 Å². The van der Waals surface area contributed by atoms with E-state index in [2.05, 4.69) is 25.9 Å². The lowest BCUT2D eigenvalue weighted by Gasteiger charge is -2.23. The highest BCUT2D eigenvalue weighted by atomic mass is 79.9. The van der Waals surface area contributed by atoms with E-state index in [-0.39, 0.29) is 12.6 Å². The molecule has 2 N–H and O–H groups in total. The standard InChI is InChI=1S/C17H18BrN5O2/c1-11(16-21-14(18)13-15(19)20-8-9-23(13)16)22(2)17(24)25-10-12-6-4-3-5-7-12/h3-9,11H,10H2,1-2H3,(H2,19,20). The molecule has 0 fully saturated rings. The maximum atomic E-state index is 12.4. The van der Waals surface area contributed by atoms with E-state index < -0.39 is 6.09 Å². The molecule has 3 rings (SSSR count). The number of nitrogens with zero attached hydrogens (tertiary/aromatic N) is 4. The van der Waals surface area contributed by atoms with Crippen molar-refractivity contribution in [3.05, 3.63) is 58.7 Å². The van der Waals surface area contributed by atoms with Crippen molar-refractivity contribution in [3.8, 4) is 0 Å². The maximum absolute atomic E-state index is 12.4. The highest BCUT2D eigenvalue weighted by molar-refractivity contribution is 9.10. The van der Waals surface area contributed by atoms with Crippen LogP contribution in [0.4, 0.5) is 10.6 Å². The van der Waals surface area contributed by atoms with E-state index in [9.17, 15) is 4.79 Å². The molecule has 0 aliphatic carbocycles. The summed E-state index contributed by atoms with van der Waals surface area (Å²) >= 11 is 3.40. The zero-order valence-electron chi connectivity index (χ0n) is 13.9. The van der Waals surface area contributed by atoms with E-state index in [1.165, 1.54) is 4.90 Å². The summed E-state index contributed by atoms with van der Waals surface area (Å²) in [7, 11) is 1.68. The molecule has 1 aromatic carbocycles. The Morgan fingerprint density at radius 2 is 2.12 bits per heavy atom. The third kappa shape index (κ3) is 3.43. The number of benzene rings is 1. The molecule has 3 aromatic rings. The van der Waals surface area contributed by atoms with E-state index in [0.717, 1.165) is 5.56 Å². The minimum Gasteiger partial charge on any atom is -0.445 e. The molecule has 0 bridgehead atoms. The number of carbonyl (C=O) groups is 1. The van der Waals surface area contributed by atoms with Gasteiger partial charge in [-0.2, -0.15) is 0 Å². The molecule has 1 unspecified atom stereocenters. The van der Waals surface area contributed by atoms with E-state index in [1.54, 1.807) is 19.4 Å². The van der Waals surface area contributed by atoms with Crippen molar-refractivity contribution in [1.82, 2.24) is 19.3 Å². The smallest absolute Gasteiger partial charge is 0.410 e. The second-order valence-corrected chi connectivity index (χ2v) is 6.37. The van der Waals surface area contributed by atoms with Crippen LogP contribution in [0.2, 0.25) is 0 Å². The topological polar surface area (TPSA) is 85.8 Å². The van der Waals surface area contributed by atoms with Gasteiger partial charge in [0.1, 0.15) is 22.6 Å². The third-order valence-electron chi connectivity index (χ3n) is 4.02. The van der Waals surface area contributed by atoms with Gasteiger partial charge in [0, 0.05) is 19.4 Å². The minimum absolute atomic E-state index is 0.222. The Balaban J connectivity index is 1.77. The molecule has 2 heterocycles. The van der Waals surface area contributed by atoms with Crippen LogP contribution in [0.3, 0.4) is 0 Å². The van der Waals surface area contributed by atoms with Crippen molar-refractivity contribution >= 4 is 33.4 Å². The number of ether oxygens (including phenoxy) is 1. The van der Waals surface area contributed by atoms with Crippen molar-refractivity contribution in [1.29, 1.82) is 0 Å². The molecular formula is C17H18BrN5O2. The zero-order valence-corrected chi connectivity index (χ0v) is 15.5. The molecule has 0 radical (unpaired) electrons. The van der Waals surface area contributed by atoms with Crippen molar-refractivity contribution < 1.29 is 9.53 Å². The molecule has 0 spiro atoms. The van der Waals surface area contributed by atoms with Gasteiger partial charge in [0.05, 0.1) is 6.04 Å². The van der Waals surface area contributed by atoms with Gasteiger partial charge in [-0.05, 0) is 28.4 Å². The Morgan fingerprint density at radius 3 is 2.84 bits per heavy atom. The first kappa shape index (κ1) is 17.2. The molecule has 2 aromatic heterocycles. The number of hydrogen-bond donors (Lipinski definition) is 1. The predicted octanol–water partition coefficient (Wildman–Crippen LogP) is 3.40. The number of aromatic nitrogens is 3. The van der Waals surface area contributed by atoms with Gasteiger partial charge >= 0.3 is 6.09 Å². The third-order valence-corrected chi connectivity index (χ3v) is 4.57. The first-order chi connectivity index (χ1) is 12.0. The van der Waals surface area contributed by atoms with E-state index >= 15 is 0 Å². The van der Waals surface area contributed by atoms with E-state index in [4.69, 9.17) is 10.5 Å². The van der Waals surface area contributed by atoms with Crippen molar-refractivity contribution in [3.63, 3.8) is 0 Å². The summed E-state index contributed by atoms with van der Waals surface area (Å²) in [5.74, 6) is 1.03. The van der Waals surface area contributed by atoms with Crippen LogP contribution in [0.15, 0.2) is 47.3 Å². The maximum Gasteiger partial charge on any atom is 0.410 e.